The minimum atomic E-state index is -0.175. The van der Waals surface area contributed by atoms with Crippen LogP contribution in [-0.2, 0) is 0 Å². The lowest BCUT2D eigenvalue weighted by molar-refractivity contribution is 0.408. The van der Waals surface area contributed by atoms with Gasteiger partial charge in [0.15, 0.2) is 5.16 Å². The number of nitrogens with two attached hydrogens (primary N) is 1. The molecule has 2 rings (SSSR count). The van der Waals surface area contributed by atoms with Gasteiger partial charge in [-0.3, -0.25) is 4.79 Å². The van der Waals surface area contributed by atoms with E-state index in [1.807, 2.05) is 31.2 Å². The molecule has 0 bridgehead atoms. The summed E-state index contributed by atoms with van der Waals surface area (Å²) in [4.78, 5) is 18.2. The van der Waals surface area contributed by atoms with Gasteiger partial charge >= 0.3 is 0 Å². The average molecular weight is 291 g/mol. The number of aromatic nitrogens is 2. The van der Waals surface area contributed by atoms with E-state index < -0.39 is 0 Å². The lowest BCUT2D eigenvalue weighted by Crippen LogP contribution is -2.23. The van der Waals surface area contributed by atoms with Crippen molar-refractivity contribution in [3.63, 3.8) is 0 Å². The monoisotopic (exact) mass is 291 g/mol. The molecule has 0 spiro atoms. The van der Waals surface area contributed by atoms with Crippen LogP contribution < -0.4 is 16.0 Å². The number of methoxy groups -OCH3 is 1. The Bertz CT molecular complexity index is 628. The van der Waals surface area contributed by atoms with Crippen LogP contribution in [0.3, 0.4) is 0 Å². The molecule has 2 aromatic rings. The molecule has 3 N–H and O–H groups in total. The van der Waals surface area contributed by atoms with Crippen molar-refractivity contribution in [1.82, 2.24) is 9.97 Å². The van der Waals surface area contributed by atoms with Crippen molar-refractivity contribution < 1.29 is 4.74 Å². The predicted octanol–water partition coefficient (Wildman–Crippen LogP) is 1.96. The first-order valence-electron chi connectivity index (χ1n) is 6.22. The summed E-state index contributed by atoms with van der Waals surface area (Å²) in [5.74, 6) is 0.778. The third kappa shape index (κ3) is 3.40. The van der Waals surface area contributed by atoms with Gasteiger partial charge in [0.1, 0.15) is 5.75 Å². The van der Waals surface area contributed by atoms with Crippen LogP contribution in [0.25, 0.3) is 0 Å². The molecule has 0 amide bonds. The normalized spacial score (nSPS) is 13.8. The Morgan fingerprint density at radius 1 is 1.35 bits per heavy atom. The molecule has 106 valence electrons. The Morgan fingerprint density at radius 2 is 2.10 bits per heavy atom. The summed E-state index contributed by atoms with van der Waals surface area (Å²) in [7, 11) is 1.63. The topological polar surface area (TPSA) is 81.0 Å². The average Bonchev–Trinajstić information content (AvgIpc) is 2.44. The van der Waals surface area contributed by atoms with Gasteiger partial charge < -0.3 is 15.5 Å². The van der Waals surface area contributed by atoms with E-state index in [4.69, 9.17) is 10.5 Å². The Morgan fingerprint density at radius 3 is 2.75 bits per heavy atom. The minimum Gasteiger partial charge on any atom is -0.496 e. The summed E-state index contributed by atoms with van der Waals surface area (Å²) < 4.78 is 5.38. The molecular formula is C14H17N3O2S. The van der Waals surface area contributed by atoms with Gasteiger partial charge in [0.05, 0.1) is 12.4 Å². The summed E-state index contributed by atoms with van der Waals surface area (Å²) in [5, 5.41) is 0.488. The first kappa shape index (κ1) is 14.6. The van der Waals surface area contributed by atoms with Gasteiger partial charge in [-0.2, -0.15) is 0 Å². The molecule has 6 heteroatoms. The van der Waals surface area contributed by atoms with E-state index in [0.717, 1.165) is 11.3 Å². The fourth-order valence-corrected chi connectivity index (χ4v) is 2.95. The zero-order valence-corrected chi connectivity index (χ0v) is 12.2. The molecule has 0 aliphatic heterocycles. The van der Waals surface area contributed by atoms with E-state index in [2.05, 4.69) is 9.97 Å². The van der Waals surface area contributed by atoms with Gasteiger partial charge in [-0.15, -0.1) is 0 Å². The molecule has 5 nitrogen and oxygen atoms in total. The maximum atomic E-state index is 11.3. The Kier molecular flexibility index (Phi) is 4.81. The molecule has 20 heavy (non-hydrogen) atoms. The van der Waals surface area contributed by atoms with Crippen LogP contribution in [0.4, 0.5) is 0 Å². The van der Waals surface area contributed by atoms with Gasteiger partial charge in [-0.1, -0.05) is 30.0 Å². The second-order valence-electron chi connectivity index (χ2n) is 4.38. The van der Waals surface area contributed by atoms with Crippen LogP contribution in [0, 0.1) is 0 Å². The Balaban J connectivity index is 2.34. The number of thioether (sulfide) groups is 1. The maximum absolute atomic E-state index is 11.3. The third-order valence-corrected chi connectivity index (χ3v) is 4.18. The molecule has 0 aliphatic rings. The van der Waals surface area contributed by atoms with Crippen LogP contribution in [-0.4, -0.2) is 23.1 Å². The number of H-pyrrole nitrogens is 1. The van der Waals surface area contributed by atoms with Gasteiger partial charge in [-0.05, 0) is 13.0 Å². The van der Waals surface area contributed by atoms with Crippen molar-refractivity contribution in [3.05, 3.63) is 52.4 Å². The number of para-hydroxylation sites is 1. The molecule has 0 saturated carbocycles. The first-order valence-corrected chi connectivity index (χ1v) is 7.10. The second kappa shape index (κ2) is 6.58. The van der Waals surface area contributed by atoms with Crippen molar-refractivity contribution in [1.29, 1.82) is 0 Å². The van der Waals surface area contributed by atoms with Crippen molar-refractivity contribution in [2.45, 2.75) is 23.4 Å². The number of benzene rings is 1. The number of nitrogens with zero attached hydrogens (tertiary/aromatic N) is 1. The highest BCUT2D eigenvalue weighted by atomic mass is 32.2. The predicted molar refractivity (Wildman–Crippen MR) is 80.1 cm³/mol. The number of nitrogens with one attached hydrogen (secondary N) is 1. The van der Waals surface area contributed by atoms with Gasteiger partial charge in [0.2, 0.25) is 0 Å². The standard InChI is InChI=1S/C14H17N3O2S/c1-9(15)13(10-5-3-4-6-11(10)19-2)20-14-16-8-7-12(18)17-14/h3-9,13H,15H2,1-2H3,(H,16,17,18). The number of ether oxygens (including phenoxy) is 1. The van der Waals surface area contributed by atoms with E-state index >= 15 is 0 Å². The zero-order chi connectivity index (χ0) is 14.5. The summed E-state index contributed by atoms with van der Waals surface area (Å²) in [6, 6.07) is 8.98. The maximum Gasteiger partial charge on any atom is 0.251 e. The Hall–Kier alpha value is -1.79. The van der Waals surface area contributed by atoms with Gasteiger partial charge in [0, 0.05) is 23.9 Å². The lowest BCUT2D eigenvalue weighted by atomic mass is 10.1. The van der Waals surface area contributed by atoms with Gasteiger partial charge in [0.25, 0.3) is 5.56 Å². The molecule has 2 unspecified atom stereocenters. The number of hydrogen-bond acceptors (Lipinski definition) is 5. The number of rotatable bonds is 5. The molecule has 2 atom stereocenters. The summed E-state index contributed by atoms with van der Waals surface area (Å²) >= 11 is 1.42. The quantitative estimate of drug-likeness (QED) is 0.650. The van der Waals surface area contributed by atoms with E-state index in [1.54, 1.807) is 7.11 Å². The largest absolute Gasteiger partial charge is 0.496 e. The summed E-state index contributed by atoms with van der Waals surface area (Å²) in [6.45, 7) is 1.92. The molecule has 1 aromatic heterocycles. The molecule has 0 fully saturated rings. The second-order valence-corrected chi connectivity index (χ2v) is 5.51. The van der Waals surface area contributed by atoms with E-state index in [1.165, 1.54) is 24.0 Å². The molecule has 0 aliphatic carbocycles. The van der Waals surface area contributed by atoms with Crippen LogP contribution in [0.15, 0.2) is 46.5 Å². The van der Waals surface area contributed by atoms with E-state index in [0.29, 0.717) is 5.16 Å². The van der Waals surface area contributed by atoms with E-state index in [9.17, 15) is 4.79 Å². The molecule has 1 heterocycles. The first-order chi connectivity index (χ1) is 9.61. The number of aromatic amines is 1. The minimum absolute atomic E-state index is 0.0586. The highest BCUT2D eigenvalue weighted by Gasteiger charge is 2.22. The highest BCUT2D eigenvalue weighted by Crippen LogP contribution is 2.39. The highest BCUT2D eigenvalue weighted by molar-refractivity contribution is 7.99. The fraction of sp³-hybridized carbons (Fsp3) is 0.286. The van der Waals surface area contributed by atoms with Crippen LogP contribution >= 0.6 is 11.8 Å². The smallest absolute Gasteiger partial charge is 0.251 e. The van der Waals surface area contributed by atoms with Crippen LogP contribution in [0.2, 0.25) is 0 Å². The van der Waals surface area contributed by atoms with Crippen molar-refractivity contribution in [2.24, 2.45) is 5.73 Å². The third-order valence-electron chi connectivity index (χ3n) is 2.81. The Labute approximate surface area is 121 Å². The van der Waals surface area contributed by atoms with E-state index in [-0.39, 0.29) is 16.9 Å². The SMILES string of the molecule is COc1ccccc1C(Sc1nccc(=O)[nH]1)C(C)N. The van der Waals surface area contributed by atoms with Crippen LogP contribution in [0.5, 0.6) is 5.75 Å². The lowest BCUT2D eigenvalue weighted by Gasteiger charge is -2.22. The summed E-state index contributed by atoms with van der Waals surface area (Å²) in [5.41, 5.74) is 6.89. The van der Waals surface area contributed by atoms with Crippen molar-refractivity contribution >= 4 is 11.8 Å². The zero-order valence-electron chi connectivity index (χ0n) is 11.4. The number of hydrogen-bond donors (Lipinski definition) is 2. The fourth-order valence-electron chi connectivity index (χ4n) is 1.89. The van der Waals surface area contributed by atoms with Crippen LogP contribution in [0.1, 0.15) is 17.7 Å². The molecular weight excluding hydrogens is 274 g/mol. The molecule has 0 radical (unpaired) electrons. The molecule has 0 saturated heterocycles. The molecule has 1 aromatic carbocycles. The van der Waals surface area contributed by atoms with Crippen molar-refractivity contribution in [3.8, 4) is 5.75 Å². The van der Waals surface area contributed by atoms with Gasteiger partial charge in [-0.25, -0.2) is 4.98 Å². The van der Waals surface area contributed by atoms with Crippen molar-refractivity contribution in [2.75, 3.05) is 7.11 Å². The summed E-state index contributed by atoms with van der Waals surface area (Å²) in [6.07, 6.45) is 1.49.